The molecule has 130 valence electrons. The van der Waals surface area contributed by atoms with Crippen molar-refractivity contribution < 1.29 is 14.4 Å². The van der Waals surface area contributed by atoms with Crippen molar-refractivity contribution in [3.05, 3.63) is 29.8 Å². The molecule has 0 aromatic heterocycles. The molecule has 6 heteroatoms. The van der Waals surface area contributed by atoms with Gasteiger partial charge in [0, 0.05) is 6.21 Å². The molecule has 3 fully saturated rings. The van der Waals surface area contributed by atoms with Crippen LogP contribution in [0.3, 0.4) is 0 Å². The van der Waals surface area contributed by atoms with Crippen molar-refractivity contribution in [2.24, 2.45) is 22.7 Å². The number of hydrogen-bond donors (Lipinski definition) is 1. The fourth-order valence-electron chi connectivity index (χ4n) is 4.25. The molecule has 4 atom stereocenters. The number of imide groups is 2. The van der Waals surface area contributed by atoms with Gasteiger partial charge in [-0.05, 0) is 50.2 Å². The minimum Gasteiger partial charge on any atom is -0.293 e. The fraction of sp³-hybridized carbons (Fsp3) is 0.474. The van der Waals surface area contributed by atoms with Crippen molar-refractivity contribution in [2.45, 2.75) is 38.6 Å². The molecule has 6 nitrogen and oxygen atoms in total. The number of rotatable bonds is 3. The highest BCUT2D eigenvalue weighted by molar-refractivity contribution is 6.32. The number of anilines is 1. The molecule has 2 aliphatic carbocycles. The summed E-state index contributed by atoms with van der Waals surface area (Å²) in [7, 11) is 0. The van der Waals surface area contributed by atoms with E-state index >= 15 is 0 Å². The van der Waals surface area contributed by atoms with E-state index in [0.717, 1.165) is 22.8 Å². The third kappa shape index (κ3) is 2.86. The van der Waals surface area contributed by atoms with Gasteiger partial charge in [-0.2, -0.15) is 0 Å². The maximum absolute atomic E-state index is 12.7. The second-order valence-electron chi connectivity index (χ2n) is 7.32. The SMILES string of the molecule is Cc1ccc(N2C(=O)NC(=O)[C@H](C=N[C@H]3C[C@H]4CC[C@H]3C4)C2=O)cc1. The lowest BCUT2D eigenvalue weighted by Gasteiger charge is -2.29. The maximum atomic E-state index is 12.7. The topological polar surface area (TPSA) is 78.8 Å². The minimum absolute atomic E-state index is 0.213. The number of nitrogens with one attached hydrogen (secondary N) is 1. The molecule has 0 spiro atoms. The predicted octanol–water partition coefficient (Wildman–Crippen LogP) is 2.45. The molecule has 1 heterocycles. The molecular weight excluding hydrogens is 318 g/mol. The summed E-state index contributed by atoms with van der Waals surface area (Å²) in [5.74, 6) is -0.848. The summed E-state index contributed by atoms with van der Waals surface area (Å²) >= 11 is 0. The van der Waals surface area contributed by atoms with Gasteiger partial charge in [0.15, 0.2) is 5.92 Å². The van der Waals surface area contributed by atoms with Crippen molar-refractivity contribution in [1.82, 2.24) is 5.32 Å². The van der Waals surface area contributed by atoms with Gasteiger partial charge < -0.3 is 0 Å². The van der Waals surface area contributed by atoms with Crippen LogP contribution in [0.15, 0.2) is 29.3 Å². The Kier molecular flexibility index (Phi) is 3.90. The number of hydrogen-bond acceptors (Lipinski definition) is 4. The van der Waals surface area contributed by atoms with Crippen molar-refractivity contribution >= 4 is 29.7 Å². The molecule has 1 aromatic carbocycles. The average molecular weight is 339 g/mol. The largest absolute Gasteiger partial charge is 0.335 e. The van der Waals surface area contributed by atoms with Gasteiger partial charge in [0.2, 0.25) is 5.91 Å². The zero-order chi connectivity index (χ0) is 17.6. The number of aliphatic imine (C=N–C) groups is 1. The van der Waals surface area contributed by atoms with E-state index in [0.29, 0.717) is 11.6 Å². The molecule has 25 heavy (non-hydrogen) atoms. The molecule has 4 amide bonds. The first kappa shape index (κ1) is 16.0. The summed E-state index contributed by atoms with van der Waals surface area (Å²) in [5, 5.41) is 2.27. The normalized spacial score (nSPS) is 31.9. The van der Waals surface area contributed by atoms with E-state index in [2.05, 4.69) is 10.3 Å². The smallest absolute Gasteiger partial charge is 0.293 e. The Morgan fingerprint density at radius 2 is 1.88 bits per heavy atom. The molecule has 2 bridgehead atoms. The van der Waals surface area contributed by atoms with Gasteiger partial charge in [-0.3, -0.25) is 19.9 Å². The van der Waals surface area contributed by atoms with Crippen LogP contribution >= 0.6 is 0 Å². The van der Waals surface area contributed by atoms with Crippen LogP contribution in [0.4, 0.5) is 10.5 Å². The molecule has 4 rings (SSSR count). The lowest BCUT2D eigenvalue weighted by atomic mass is 9.95. The highest BCUT2D eigenvalue weighted by Crippen LogP contribution is 2.45. The van der Waals surface area contributed by atoms with Gasteiger partial charge in [0.1, 0.15) is 0 Å². The minimum atomic E-state index is -1.04. The van der Waals surface area contributed by atoms with E-state index in [1.165, 1.54) is 25.5 Å². The molecule has 1 saturated heterocycles. The summed E-state index contributed by atoms with van der Waals surface area (Å²) in [5.41, 5.74) is 1.48. The quantitative estimate of drug-likeness (QED) is 0.678. The molecular formula is C19H21N3O3. The second-order valence-corrected chi connectivity index (χ2v) is 7.32. The number of urea groups is 1. The molecule has 1 aromatic rings. The molecule has 1 aliphatic heterocycles. The van der Waals surface area contributed by atoms with Crippen LogP contribution in [0.1, 0.15) is 31.2 Å². The van der Waals surface area contributed by atoms with E-state index in [4.69, 9.17) is 0 Å². The number of barbiturate groups is 1. The molecule has 0 unspecified atom stereocenters. The zero-order valence-corrected chi connectivity index (χ0v) is 14.1. The summed E-state index contributed by atoms with van der Waals surface area (Å²) in [6.07, 6.45) is 6.17. The number of fused-ring (bicyclic) bond motifs is 2. The van der Waals surface area contributed by atoms with Crippen LogP contribution in [0.25, 0.3) is 0 Å². The van der Waals surface area contributed by atoms with Gasteiger partial charge >= 0.3 is 6.03 Å². The van der Waals surface area contributed by atoms with Gasteiger partial charge in [0.25, 0.3) is 5.91 Å². The van der Waals surface area contributed by atoms with Crippen LogP contribution in [0.2, 0.25) is 0 Å². The standard InChI is InChI=1S/C19H21N3O3/c1-11-2-6-14(7-3-11)22-18(24)15(17(23)21-19(22)25)10-20-16-9-12-4-5-13(16)8-12/h2-3,6-7,10,12-13,15-16H,4-5,8-9H2,1H3,(H,21,23,25)/t12-,13-,15-,16-/m0/s1. The summed E-state index contributed by atoms with van der Waals surface area (Å²) < 4.78 is 0. The Hall–Kier alpha value is -2.50. The Morgan fingerprint density at radius 3 is 2.52 bits per heavy atom. The van der Waals surface area contributed by atoms with Gasteiger partial charge in [-0.25, -0.2) is 9.69 Å². The Morgan fingerprint density at radius 1 is 1.12 bits per heavy atom. The Labute approximate surface area is 146 Å². The van der Waals surface area contributed by atoms with E-state index in [1.54, 1.807) is 12.1 Å². The first-order valence-electron chi connectivity index (χ1n) is 8.81. The Balaban J connectivity index is 1.55. The third-order valence-corrected chi connectivity index (χ3v) is 5.62. The first-order chi connectivity index (χ1) is 12.0. The number of amides is 4. The zero-order valence-electron chi connectivity index (χ0n) is 14.1. The third-order valence-electron chi connectivity index (χ3n) is 5.62. The lowest BCUT2D eigenvalue weighted by Crippen LogP contribution is -2.58. The van der Waals surface area contributed by atoms with Gasteiger partial charge in [0.05, 0.1) is 11.7 Å². The van der Waals surface area contributed by atoms with Crippen LogP contribution in [-0.4, -0.2) is 30.1 Å². The number of nitrogens with zero attached hydrogens (tertiary/aromatic N) is 2. The summed E-state index contributed by atoms with van der Waals surface area (Å²) in [6.45, 7) is 1.93. The van der Waals surface area contributed by atoms with Crippen LogP contribution in [0, 0.1) is 24.7 Å². The molecule has 2 saturated carbocycles. The van der Waals surface area contributed by atoms with Crippen molar-refractivity contribution in [3.8, 4) is 0 Å². The monoisotopic (exact) mass is 339 g/mol. The molecule has 1 N–H and O–H groups in total. The molecule has 0 radical (unpaired) electrons. The van der Waals surface area contributed by atoms with E-state index in [-0.39, 0.29) is 6.04 Å². The highest BCUT2D eigenvalue weighted by atomic mass is 16.2. The number of benzene rings is 1. The van der Waals surface area contributed by atoms with Gasteiger partial charge in [-0.15, -0.1) is 0 Å². The number of carbonyl (C=O) groups is 3. The van der Waals surface area contributed by atoms with Crippen molar-refractivity contribution in [1.29, 1.82) is 0 Å². The van der Waals surface area contributed by atoms with Crippen molar-refractivity contribution in [3.63, 3.8) is 0 Å². The van der Waals surface area contributed by atoms with Gasteiger partial charge in [-0.1, -0.05) is 24.1 Å². The van der Waals surface area contributed by atoms with Crippen molar-refractivity contribution in [2.75, 3.05) is 4.90 Å². The highest BCUT2D eigenvalue weighted by Gasteiger charge is 2.42. The average Bonchev–Trinajstić information content (AvgIpc) is 3.19. The van der Waals surface area contributed by atoms with Crippen LogP contribution in [-0.2, 0) is 9.59 Å². The molecule has 3 aliphatic rings. The summed E-state index contributed by atoms with van der Waals surface area (Å²) in [6, 6.07) is 6.56. The number of carbonyl (C=O) groups excluding carboxylic acids is 3. The number of aryl methyl sites for hydroxylation is 1. The lowest BCUT2D eigenvalue weighted by molar-refractivity contribution is -0.131. The first-order valence-corrected chi connectivity index (χ1v) is 8.81. The Bertz CT molecular complexity index is 756. The van der Waals surface area contributed by atoms with E-state index in [1.807, 2.05) is 19.1 Å². The van der Waals surface area contributed by atoms with E-state index < -0.39 is 23.8 Å². The maximum Gasteiger partial charge on any atom is 0.335 e. The summed E-state index contributed by atoms with van der Waals surface area (Å²) in [4.78, 5) is 42.6. The fourth-order valence-corrected chi connectivity index (χ4v) is 4.25. The second kappa shape index (κ2) is 6.10. The predicted molar refractivity (Wildman–Crippen MR) is 93.4 cm³/mol. The van der Waals surface area contributed by atoms with Crippen LogP contribution in [0.5, 0.6) is 0 Å². The van der Waals surface area contributed by atoms with E-state index in [9.17, 15) is 14.4 Å². The van der Waals surface area contributed by atoms with Crippen LogP contribution < -0.4 is 10.2 Å².